The van der Waals surface area contributed by atoms with Crippen LogP contribution in [0.3, 0.4) is 0 Å². The van der Waals surface area contributed by atoms with E-state index in [0.717, 1.165) is 0 Å². The van der Waals surface area contributed by atoms with Gasteiger partial charge in [0.15, 0.2) is 11.5 Å². The quantitative estimate of drug-likeness (QED) is 0.608. The van der Waals surface area contributed by atoms with E-state index in [4.69, 9.17) is 11.5 Å². The van der Waals surface area contributed by atoms with Crippen molar-refractivity contribution >= 4 is 17.4 Å². The fourth-order valence-corrected chi connectivity index (χ4v) is 1.14. The predicted octanol–water partition coefficient (Wildman–Crippen LogP) is -0.590. The highest BCUT2D eigenvalue weighted by Gasteiger charge is 2.15. The first-order chi connectivity index (χ1) is 6.20. The molecule has 2 aromatic rings. The van der Waals surface area contributed by atoms with Crippen molar-refractivity contribution in [3.05, 3.63) is 24.0 Å². The molecule has 6 nitrogen and oxygen atoms in total. The molecule has 0 aliphatic rings. The third kappa shape index (κ3) is 0.994. The highest BCUT2D eigenvalue weighted by Crippen LogP contribution is 2.13. The molecule has 0 spiro atoms. The van der Waals surface area contributed by atoms with E-state index >= 15 is 0 Å². The molecule has 1 amide bonds. The second-order valence-electron chi connectivity index (χ2n) is 2.51. The second kappa shape index (κ2) is 2.44. The summed E-state index contributed by atoms with van der Waals surface area (Å²) in [5.41, 5.74) is 11.1. The fourth-order valence-electron chi connectivity index (χ4n) is 1.14. The Kier molecular flexibility index (Phi) is 1.42. The molecule has 0 aliphatic heterocycles. The molecule has 0 unspecified atom stereocenters. The molecular formula is C7H7N5O. The average molecular weight is 177 g/mol. The Morgan fingerprint density at radius 1 is 1.54 bits per heavy atom. The van der Waals surface area contributed by atoms with Gasteiger partial charge in [-0.15, -0.1) is 5.10 Å². The van der Waals surface area contributed by atoms with Gasteiger partial charge in [-0.2, -0.15) is 0 Å². The van der Waals surface area contributed by atoms with Crippen LogP contribution in [0.5, 0.6) is 0 Å². The molecule has 0 saturated carbocycles. The Morgan fingerprint density at radius 3 is 3.00 bits per heavy atom. The maximum Gasteiger partial charge on any atom is 0.256 e. The summed E-state index contributed by atoms with van der Waals surface area (Å²) in [5, 5.41) is 3.87. The van der Waals surface area contributed by atoms with Crippen molar-refractivity contribution in [3.8, 4) is 0 Å². The summed E-state index contributed by atoms with van der Waals surface area (Å²) >= 11 is 0. The highest BCUT2D eigenvalue weighted by molar-refractivity contribution is 6.03. The van der Waals surface area contributed by atoms with E-state index < -0.39 is 5.91 Å². The van der Waals surface area contributed by atoms with Crippen LogP contribution in [0, 0.1) is 0 Å². The third-order valence-electron chi connectivity index (χ3n) is 1.67. The standard InChI is InChI=1S/C7H7N5O/c8-5-4(6(9)13)7-10-2-1-3-12(7)11-5/h1-3H,(H2,8,11)(H2,9,13). The maximum absolute atomic E-state index is 10.9. The smallest absolute Gasteiger partial charge is 0.256 e. The van der Waals surface area contributed by atoms with Crippen LogP contribution in [0.4, 0.5) is 5.82 Å². The van der Waals surface area contributed by atoms with E-state index in [-0.39, 0.29) is 11.4 Å². The number of nitrogens with two attached hydrogens (primary N) is 2. The van der Waals surface area contributed by atoms with Gasteiger partial charge in [-0.25, -0.2) is 9.50 Å². The van der Waals surface area contributed by atoms with Crippen LogP contribution in [-0.4, -0.2) is 20.5 Å². The van der Waals surface area contributed by atoms with Crippen LogP contribution in [0.1, 0.15) is 10.4 Å². The van der Waals surface area contributed by atoms with E-state index in [0.29, 0.717) is 5.65 Å². The monoisotopic (exact) mass is 177 g/mol. The lowest BCUT2D eigenvalue weighted by Crippen LogP contribution is -2.12. The van der Waals surface area contributed by atoms with Crippen LogP contribution in [0.15, 0.2) is 18.5 Å². The van der Waals surface area contributed by atoms with Gasteiger partial charge < -0.3 is 11.5 Å². The zero-order valence-corrected chi connectivity index (χ0v) is 6.64. The number of fused-ring (bicyclic) bond motifs is 1. The molecule has 0 bridgehead atoms. The first-order valence-electron chi connectivity index (χ1n) is 3.59. The number of carbonyl (C=O) groups is 1. The predicted molar refractivity (Wildman–Crippen MR) is 45.9 cm³/mol. The minimum atomic E-state index is -0.619. The average Bonchev–Trinajstić information content (AvgIpc) is 2.39. The van der Waals surface area contributed by atoms with Crippen molar-refractivity contribution in [2.45, 2.75) is 0 Å². The largest absolute Gasteiger partial charge is 0.381 e. The number of hydrogen-bond donors (Lipinski definition) is 2. The lowest BCUT2D eigenvalue weighted by molar-refractivity contribution is 0.100. The van der Waals surface area contributed by atoms with Crippen LogP contribution in [-0.2, 0) is 0 Å². The van der Waals surface area contributed by atoms with E-state index in [9.17, 15) is 4.79 Å². The summed E-state index contributed by atoms with van der Waals surface area (Å²) in [7, 11) is 0. The Labute approximate surface area is 73.2 Å². The Balaban J connectivity index is 2.86. The number of rotatable bonds is 1. The molecule has 0 saturated heterocycles. The summed E-state index contributed by atoms with van der Waals surface area (Å²) < 4.78 is 1.41. The number of aromatic nitrogens is 3. The summed E-state index contributed by atoms with van der Waals surface area (Å²) in [6.45, 7) is 0. The second-order valence-corrected chi connectivity index (χ2v) is 2.51. The van der Waals surface area contributed by atoms with Crippen molar-refractivity contribution in [3.63, 3.8) is 0 Å². The Hall–Kier alpha value is -2.11. The summed E-state index contributed by atoms with van der Waals surface area (Å²) in [6.07, 6.45) is 3.19. The van der Waals surface area contributed by atoms with Gasteiger partial charge in [-0.1, -0.05) is 0 Å². The van der Waals surface area contributed by atoms with E-state index in [1.165, 1.54) is 4.52 Å². The molecule has 6 heteroatoms. The summed E-state index contributed by atoms with van der Waals surface area (Å²) in [6, 6.07) is 1.68. The molecule has 0 aliphatic carbocycles. The van der Waals surface area contributed by atoms with E-state index in [2.05, 4.69) is 10.1 Å². The van der Waals surface area contributed by atoms with Gasteiger partial charge >= 0.3 is 0 Å². The molecule has 0 fully saturated rings. The number of nitrogens with zero attached hydrogens (tertiary/aromatic N) is 3. The van der Waals surface area contributed by atoms with Gasteiger partial charge in [0.05, 0.1) is 0 Å². The molecule has 0 atom stereocenters. The number of amides is 1. The van der Waals surface area contributed by atoms with Crippen molar-refractivity contribution < 1.29 is 4.79 Å². The van der Waals surface area contributed by atoms with Gasteiger partial charge in [-0.05, 0) is 6.07 Å². The third-order valence-corrected chi connectivity index (χ3v) is 1.67. The van der Waals surface area contributed by atoms with E-state index in [1.54, 1.807) is 18.5 Å². The molecular weight excluding hydrogens is 170 g/mol. The van der Waals surface area contributed by atoms with Crippen molar-refractivity contribution in [1.82, 2.24) is 14.6 Å². The van der Waals surface area contributed by atoms with Gasteiger partial charge in [0, 0.05) is 12.4 Å². The lowest BCUT2D eigenvalue weighted by atomic mass is 10.3. The van der Waals surface area contributed by atoms with Gasteiger partial charge in [0.1, 0.15) is 5.56 Å². The fraction of sp³-hybridized carbons (Fsp3) is 0. The van der Waals surface area contributed by atoms with Gasteiger partial charge in [0.25, 0.3) is 5.91 Å². The van der Waals surface area contributed by atoms with Crippen molar-refractivity contribution in [2.75, 3.05) is 5.73 Å². The molecule has 4 N–H and O–H groups in total. The molecule has 2 rings (SSSR count). The minimum Gasteiger partial charge on any atom is -0.381 e. The molecule has 13 heavy (non-hydrogen) atoms. The first kappa shape index (κ1) is 7.53. The highest BCUT2D eigenvalue weighted by atomic mass is 16.1. The number of nitrogen functional groups attached to an aromatic ring is 1. The number of anilines is 1. The van der Waals surface area contributed by atoms with Gasteiger partial charge in [-0.3, -0.25) is 4.79 Å². The lowest BCUT2D eigenvalue weighted by Gasteiger charge is -1.91. The maximum atomic E-state index is 10.9. The van der Waals surface area contributed by atoms with Crippen LogP contribution in [0.25, 0.3) is 5.65 Å². The number of carbonyl (C=O) groups excluding carboxylic acids is 1. The van der Waals surface area contributed by atoms with Crippen LogP contribution >= 0.6 is 0 Å². The number of hydrogen-bond acceptors (Lipinski definition) is 4. The zero-order chi connectivity index (χ0) is 9.42. The normalized spacial score (nSPS) is 10.5. The van der Waals surface area contributed by atoms with E-state index in [1.807, 2.05) is 0 Å². The molecule has 66 valence electrons. The zero-order valence-electron chi connectivity index (χ0n) is 6.64. The summed E-state index contributed by atoms with van der Waals surface area (Å²) in [4.78, 5) is 14.9. The molecule has 0 radical (unpaired) electrons. The molecule has 2 heterocycles. The Bertz CT molecular complexity index is 475. The topological polar surface area (TPSA) is 99.3 Å². The minimum absolute atomic E-state index is 0.103. The summed E-state index contributed by atoms with van der Waals surface area (Å²) in [5.74, 6) is -0.516. The van der Waals surface area contributed by atoms with Crippen LogP contribution < -0.4 is 11.5 Å². The Morgan fingerprint density at radius 2 is 2.31 bits per heavy atom. The van der Waals surface area contributed by atoms with Crippen LogP contribution in [0.2, 0.25) is 0 Å². The van der Waals surface area contributed by atoms with Crippen molar-refractivity contribution in [1.29, 1.82) is 0 Å². The SMILES string of the molecule is NC(=O)c1c(N)nn2cccnc12. The number of primary amides is 1. The van der Waals surface area contributed by atoms with Crippen molar-refractivity contribution in [2.24, 2.45) is 5.73 Å². The first-order valence-corrected chi connectivity index (χ1v) is 3.59. The van der Waals surface area contributed by atoms with Gasteiger partial charge in [0.2, 0.25) is 0 Å². The molecule has 2 aromatic heterocycles. The molecule has 0 aromatic carbocycles.